The minimum absolute atomic E-state index is 0.0498. The van der Waals surface area contributed by atoms with E-state index < -0.39 is 38.2 Å². The number of halogens is 1. The second-order valence-corrected chi connectivity index (χ2v) is 8.66. The average Bonchev–Trinajstić information content (AvgIpc) is 3.27. The van der Waals surface area contributed by atoms with E-state index in [2.05, 4.69) is 0 Å². The fourth-order valence-corrected chi connectivity index (χ4v) is 5.99. The van der Waals surface area contributed by atoms with Gasteiger partial charge in [-0.3, -0.25) is 4.79 Å². The molecule has 3 rings (SSSR count). The van der Waals surface area contributed by atoms with Crippen LogP contribution >= 0.6 is 0 Å². The molecule has 0 saturated heterocycles. The van der Waals surface area contributed by atoms with Crippen molar-refractivity contribution in [3.63, 3.8) is 0 Å². The molecule has 0 radical (unpaired) electrons. The highest BCUT2D eigenvalue weighted by Gasteiger charge is 2.76. The molecule has 5 nitrogen and oxygen atoms in total. The summed E-state index contributed by atoms with van der Waals surface area (Å²) in [6.07, 6.45) is 0. The molecule has 3 atom stereocenters. The van der Waals surface area contributed by atoms with E-state index in [1.54, 1.807) is 18.2 Å². The van der Waals surface area contributed by atoms with Gasteiger partial charge >= 0.3 is 5.97 Å². The molecule has 138 valence electrons. The molecular formula is C19H19FO5S. The van der Waals surface area contributed by atoms with Crippen LogP contribution in [0.5, 0.6) is 0 Å². The molecule has 0 heterocycles. The van der Waals surface area contributed by atoms with Crippen LogP contribution in [0.2, 0.25) is 0 Å². The van der Waals surface area contributed by atoms with E-state index in [0.717, 1.165) is 5.56 Å². The van der Waals surface area contributed by atoms with Crippen molar-refractivity contribution >= 4 is 15.8 Å². The number of carbonyl (C=O) groups is 1. The molecule has 0 aliphatic heterocycles. The van der Waals surface area contributed by atoms with E-state index in [4.69, 9.17) is 4.74 Å². The van der Waals surface area contributed by atoms with Crippen LogP contribution in [-0.2, 0) is 19.4 Å². The molecule has 0 aromatic heterocycles. The van der Waals surface area contributed by atoms with E-state index in [1.165, 1.54) is 37.4 Å². The lowest BCUT2D eigenvalue weighted by Gasteiger charge is -2.12. The van der Waals surface area contributed by atoms with Gasteiger partial charge in [0.1, 0.15) is 11.2 Å². The zero-order valence-corrected chi connectivity index (χ0v) is 15.2. The van der Waals surface area contributed by atoms with Gasteiger partial charge < -0.3 is 9.84 Å². The maximum absolute atomic E-state index is 13.7. The normalized spacial score (nSPS) is 25.0. The summed E-state index contributed by atoms with van der Waals surface area (Å²) < 4.78 is 45.0. The summed E-state index contributed by atoms with van der Waals surface area (Å²) in [6, 6.07) is 11.6. The molecule has 1 N–H and O–H groups in total. The van der Waals surface area contributed by atoms with Crippen LogP contribution in [0.1, 0.15) is 17.0 Å². The van der Waals surface area contributed by atoms with Gasteiger partial charge in [0.15, 0.2) is 9.84 Å². The van der Waals surface area contributed by atoms with Crippen molar-refractivity contribution < 1.29 is 27.4 Å². The first kappa shape index (κ1) is 18.5. The van der Waals surface area contributed by atoms with Crippen LogP contribution in [0.3, 0.4) is 0 Å². The van der Waals surface area contributed by atoms with Crippen LogP contribution < -0.4 is 0 Å². The Labute approximate surface area is 151 Å². The van der Waals surface area contributed by atoms with Crippen molar-refractivity contribution in [2.24, 2.45) is 5.41 Å². The van der Waals surface area contributed by atoms with E-state index in [-0.39, 0.29) is 11.5 Å². The van der Waals surface area contributed by atoms with E-state index in [0.29, 0.717) is 5.56 Å². The van der Waals surface area contributed by atoms with Gasteiger partial charge in [0.25, 0.3) is 0 Å². The Morgan fingerprint density at radius 2 is 1.88 bits per heavy atom. The lowest BCUT2D eigenvalue weighted by Crippen LogP contribution is -2.28. The number of aryl methyl sites for hydroxylation is 1. The Morgan fingerprint density at radius 3 is 2.42 bits per heavy atom. The van der Waals surface area contributed by atoms with Crippen molar-refractivity contribution in [2.75, 3.05) is 13.7 Å². The van der Waals surface area contributed by atoms with Crippen molar-refractivity contribution in [3.05, 3.63) is 65.5 Å². The second-order valence-electron chi connectivity index (χ2n) is 6.59. The zero-order chi connectivity index (χ0) is 19.1. The number of benzene rings is 2. The maximum Gasteiger partial charge on any atom is 0.314 e. The molecule has 1 fully saturated rings. The van der Waals surface area contributed by atoms with Gasteiger partial charge in [-0.15, -0.1) is 0 Å². The highest BCUT2D eigenvalue weighted by Crippen LogP contribution is 2.64. The fourth-order valence-electron chi connectivity index (χ4n) is 3.63. The van der Waals surface area contributed by atoms with E-state index in [1.807, 2.05) is 6.92 Å². The first-order valence-corrected chi connectivity index (χ1v) is 9.58. The largest absolute Gasteiger partial charge is 0.481 e. The number of hydrogen-bond donors (Lipinski definition) is 1. The van der Waals surface area contributed by atoms with Gasteiger partial charge in [-0.2, -0.15) is 0 Å². The summed E-state index contributed by atoms with van der Waals surface area (Å²) in [7, 11) is -2.63. The van der Waals surface area contributed by atoms with Crippen LogP contribution in [0, 0.1) is 18.2 Å². The van der Waals surface area contributed by atoms with Crippen LogP contribution in [0.4, 0.5) is 4.39 Å². The van der Waals surface area contributed by atoms with Gasteiger partial charge in [-0.25, -0.2) is 12.8 Å². The third-order valence-corrected chi connectivity index (χ3v) is 7.22. The van der Waals surface area contributed by atoms with Gasteiger partial charge in [0, 0.05) is 13.0 Å². The molecule has 7 heteroatoms. The van der Waals surface area contributed by atoms with E-state index in [9.17, 15) is 22.7 Å². The molecule has 2 aromatic rings. The van der Waals surface area contributed by atoms with Crippen LogP contribution in [0.15, 0.2) is 53.4 Å². The Balaban J connectivity index is 2.13. The first-order valence-electron chi connectivity index (χ1n) is 8.03. The lowest BCUT2D eigenvalue weighted by atomic mass is 10.00. The van der Waals surface area contributed by atoms with Crippen molar-refractivity contribution in [1.82, 2.24) is 0 Å². The van der Waals surface area contributed by atoms with E-state index >= 15 is 0 Å². The first-order chi connectivity index (χ1) is 12.2. The van der Waals surface area contributed by atoms with Crippen molar-refractivity contribution in [3.8, 4) is 0 Å². The standard InChI is InChI=1S/C19H19FO5S/c1-12-6-8-15(9-7-12)26(23,24)17-16(13-4-3-5-14(20)10-13)19(17,11-25-2)18(21)22/h3-10,16-17H,11H2,1-2H3,(H,21,22)/t16-,17-,19-/m0/s1. The van der Waals surface area contributed by atoms with Crippen LogP contribution in [-0.4, -0.2) is 38.5 Å². The Kier molecular flexibility index (Phi) is 4.62. The summed E-state index contributed by atoms with van der Waals surface area (Å²) in [4.78, 5) is 12.1. The monoisotopic (exact) mass is 378 g/mol. The number of ether oxygens (including phenoxy) is 1. The minimum atomic E-state index is -3.95. The predicted octanol–water partition coefficient (Wildman–Crippen LogP) is 2.79. The number of hydrogen-bond acceptors (Lipinski definition) is 4. The molecule has 0 bridgehead atoms. The molecule has 2 aromatic carbocycles. The quantitative estimate of drug-likeness (QED) is 0.836. The Bertz CT molecular complexity index is 939. The average molecular weight is 378 g/mol. The van der Waals surface area contributed by atoms with Gasteiger partial charge in [-0.1, -0.05) is 29.8 Å². The maximum atomic E-state index is 13.7. The van der Waals surface area contributed by atoms with Crippen molar-refractivity contribution in [2.45, 2.75) is 23.0 Å². The fraction of sp³-hybridized carbons (Fsp3) is 0.316. The molecule has 1 aliphatic carbocycles. The predicted molar refractivity (Wildman–Crippen MR) is 93.2 cm³/mol. The Hall–Kier alpha value is -2.25. The lowest BCUT2D eigenvalue weighted by molar-refractivity contribution is -0.145. The number of methoxy groups -OCH3 is 1. The number of aliphatic carboxylic acids is 1. The summed E-state index contributed by atoms with van der Waals surface area (Å²) in [6.45, 7) is 1.55. The summed E-state index contributed by atoms with van der Waals surface area (Å²) in [5, 5.41) is 8.60. The summed E-state index contributed by atoms with van der Waals surface area (Å²) in [5.74, 6) is -2.70. The molecule has 0 unspecified atom stereocenters. The minimum Gasteiger partial charge on any atom is -0.481 e. The molecule has 1 saturated carbocycles. The van der Waals surface area contributed by atoms with Gasteiger partial charge in [0.2, 0.25) is 0 Å². The van der Waals surface area contributed by atoms with Crippen molar-refractivity contribution in [1.29, 1.82) is 0 Å². The summed E-state index contributed by atoms with van der Waals surface area (Å²) >= 11 is 0. The number of rotatable bonds is 6. The molecule has 0 amide bonds. The summed E-state index contributed by atoms with van der Waals surface area (Å²) in [5.41, 5.74) is -0.417. The van der Waals surface area contributed by atoms with Gasteiger partial charge in [0.05, 0.1) is 16.8 Å². The molecule has 0 spiro atoms. The highest BCUT2D eigenvalue weighted by atomic mass is 32.2. The molecule has 1 aliphatic rings. The Morgan fingerprint density at radius 1 is 1.23 bits per heavy atom. The topological polar surface area (TPSA) is 80.7 Å². The van der Waals surface area contributed by atoms with Crippen LogP contribution in [0.25, 0.3) is 0 Å². The molecule has 26 heavy (non-hydrogen) atoms. The number of carboxylic acids is 1. The smallest absolute Gasteiger partial charge is 0.314 e. The third-order valence-electron chi connectivity index (χ3n) is 4.93. The zero-order valence-electron chi connectivity index (χ0n) is 14.3. The number of sulfone groups is 1. The second kappa shape index (κ2) is 6.48. The van der Waals surface area contributed by atoms with Gasteiger partial charge in [-0.05, 0) is 36.8 Å². The molecular weight excluding hydrogens is 359 g/mol. The third kappa shape index (κ3) is 2.81. The number of carboxylic acid groups (broad SMARTS) is 1. The highest BCUT2D eigenvalue weighted by molar-refractivity contribution is 7.92. The SMILES string of the molecule is COC[C@]1(C(=O)O)[C@@H](c2cccc(F)c2)[C@@H]1S(=O)(=O)c1ccc(C)cc1.